The lowest BCUT2D eigenvalue weighted by Gasteiger charge is -2.08. The van der Waals surface area contributed by atoms with Gasteiger partial charge >= 0.3 is 0 Å². The zero-order valence-corrected chi connectivity index (χ0v) is 12.2. The molecular weight excluding hydrogens is 373 g/mol. The van der Waals surface area contributed by atoms with Crippen LogP contribution in [0.25, 0.3) is 11.2 Å². The van der Waals surface area contributed by atoms with Crippen molar-refractivity contribution in [1.29, 1.82) is 0 Å². The van der Waals surface area contributed by atoms with Crippen molar-refractivity contribution in [3.8, 4) is 0 Å². The number of hydrogen-bond donors (Lipinski definition) is 2. The van der Waals surface area contributed by atoms with Crippen molar-refractivity contribution in [3.63, 3.8) is 0 Å². The van der Waals surface area contributed by atoms with Gasteiger partial charge in [-0.1, -0.05) is 12.1 Å². The van der Waals surface area contributed by atoms with E-state index in [9.17, 15) is 9.59 Å². The van der Waals surface area contributed by atoms with Crippen molar-refractivity contribution >= 4 is 45.6 Å². The molecular formula is C12H8IN5O2. The number of imidazole rings is 1. The molecule has 2 aromatic heterocycles. The number of benzene rings is 1. The molecule has 3 N–H and O–H groups in total. The molecule has 0 aliphatic heterocycles. The molecule has 8 heteroatoms. The van der Waals surface area contributed by atoms with Gasteiger partial charge in [0.15, 0.2) is 11.2 Å². The highest BCUT2D eigenvalue weighted by Gasteiger charge is 2.19. The molecule has 20 heavy (non-hydrogen) atoms. The van der Waals surface area contributed by atoms with Gasteiger partial charge in [-0.25, -0.2) is 9.55 Å². The highest BCUT2D eigenvalue weighted by molar-refractivity contribution is 14.1. The average Bonchev–Trinajstić information content (AvgIpc) is 2.87. The first kappa shape index (κ1) is 12.8. The van der Waals surface area contributed by atoms with E-state index in [0.717, 1.165) is 8.14 Å². The Morgan fingerprint density at radius 3 is 2.85 bits per heavy atom. The van der Waals surface area contributed by atoms with E-state index in [-0.39, 0.29) is 17.1 Å². The fourth-order valence-corrected chi connectivity index (χ4v) is 2.47. The van der Waals surface area contributed by atoms with Crippen molar-refractivity contribution in [2.75, 3.05) is 5.73 Å². The van der Waals surface area contributed by atoms with Crippen LogP contribution < -0.4 is 11.3 Å². The molecule has 0 amide bonds. The maximum atomic E-state index is 12.5. The summed E-state index contributed by atoms with van der Waals surface area (Å²) in [5, 5.41) is 0. The molecule has 100 valence electrons. The first-order valence-electron chi connectivity index (χ1n) is 5.60. The Balaban J connectivity index is 2.27. The molecule has 0 saturated heterocycles. The van der Waals surface area contributed by atoms with E-state index in [2.05, 4.69) is 15.0 Å². The molecule has 3 rings (SSSR count). The number of anilines is 1. The summed E-state index contributed by atoms with van der Waals surface area (Å²) in [5.74, 6) is -0.694. The van der Waals surface area contributed by atoms with Crippen LogP contribution >= 0.6 is 22.6 Å². The van der Waals surface area contributed by atoms with Crippen molar-refractivity contribution in [2.24, 2.45) is 0 Å². The topological polar surface area (TPSA) is 107 Å². The molecule has 0 spiro atoms. The number of nitrogens with one attached hydrogen (secondary N) is 1. The predicted molar refractivity (Wildman–Crippen MR) is 81.4 cm³/mol. The molecule has 3 aromatic rings. The van der Waals surface area contributed by atoms with Crippen LogP contribution in [0.3, 0.4) is 0 Å². The van der Waals surface area contributed by atoms with Crippen molar-refractivity contribution < 1.29 is 4.79 Å². The zero-order chi connectivity index (χ0) is 14.3. The highest BCUT2D eigenvalue weighted by atomic mass is 127. The van der Waals surface area contributed by atoms with Gasteiger partial charge in [0.2, 0.25) is 5.95 Å². The van der Waals surface area contributed by atoms with E-state index in [1.165, 1.54) is 6.33 Å². The van der Waals surface area contributed by atoms with E-state index in [1.54, 1.807) is 24.3 Å². The second-order valence-electron chi connectivity index (χ2n) is 4.00. The Kier molecular flexibility index (Phi) is 3.01. The van der Waals surface area contributed by atoms with Crippen LogP contribution in [0.2, 0.25) is 0 Å². The van der Waals surface area contributed by atoms with Crippen LogP contribution in [0.1, 0.15) is 10.4 Å². The monoisotopic (exact) mass is 381 g/mol. The van der Waals surface area contributed by atoms with Gasteiger partial charge in [-0.3, -0.25) is 9.59 Å². The molecule has 7 nitrogen and oxygen atoms in total. The van der Waals surface area contributed by atoms with E-state index >= 15 is 0 Å². The number of fused-ring (bicyclic) bond motifs is 1. The Hall–Kier alpha value is -2.23. The number of halogens is 1. The molecule has 0 aliphatic carbocycles. The summed E-state index contributed by atoms with van der Waals surface area (Å²) in [6, 6.07) is 6.93. The third kappa shape index (κ3) is 1.88. The molecule has 2 heterocycles. The third-order valence-electron chi connectivity index (χ3n) is 2.79. The minimum atomic E-state index is -0.561. The summed E-state index contributed by atoms with van der Waals surface area (Å²) in [4.78, 5) is 35.2. The fraction of sp³-hybridized carbons (Fsp3) is 0. The largest absolute Gasteiger partial charge is 0.369 e. The van der Waals surface area contributed by atoms with Gasteiger partial charge in [0.05, 0.1) is 11.9 Å². The van der Waals surface area contributed by atoms with Gasteiger partial charge in [-0.15, -0.1) is 0 Å². The maximum absolute atomic E-state index is 12.5. The van der Waals surface area contributed by atoms with Gasteiger partial charge in [0, 0.05) is 3.57 Å². The van der Waals surface area contributed by atoms with Crippen LogP contribution in [0.5, 0.6) is 0 Å². The number of aromatic nitrogens is 4. The lowest BCUT2D eigenvalue weighted by atomic mass is 10.2. The minimum Gasteiger partial charge on any atom is -0.369 e. The van der Waals surface area contributed by atoms with Crippen molar-refractivity contribution in [2.45, 2.75) is 0 Å². The van der Waals surface area contributed by atoms with E-state index < -0.39 is 11.5 Å². The molecule has 0 atom stereocenters. The van der Waals surface area contributed by atoms with Gasteiger partial charge < -0.3 is 10.7 Å². The lowest BCUT2D eigenvalue weighted by Crippen LogP contribution is -2.31. The molecule has 0 saturated carbocycles. The Labute approximate surface area is 126 Å². The lowest BCUT2D eigenvalue weighted by molar-refractivity contribution is 0.0957. The first-order valence-corrected chi connectivity index (χ1v) is 6.68. The summed E-state index contributed by atoms with van der Waals surface area (Å²) in [6.45, 7) is 0. The summed E-state index contributed by atoms with van der Waals surface area (Å²) in [5.41, 5.74) is 5.89. The number of nitrogen functional groups attached to an aromatic ring is 1. The molecule has 0 fully saturated rings. The number of nitrogens with zero attached hydrogens (tertiary/aromatic N) is 3. The summed E-state index contributed by atoms with van der Waals surface area (Å²) in [6.07, 6.45) is 1.33. The van der Waals surface area contributed by atoms with E-state index in [4.69, 9.17) is 5.73 Å². The number of rotatable bonds is 1. The average molecular weight is 381 g/mol. The number of nitrogens with two attached hydrogens (primary N) is 1. The molecule has 1 aromatic carbocycles. The van der Waals surface area contributed by atoms with Gasteiger partial charge in [-0.2, -0.15) is 4.98 Å². The van der Waals surface area contributed by atoms with E-state index in [1.807, 2.05) is 22.6 Å². The Morgan fingerprint density at radius 1 is 1.35 bits per heavy atom. The fourth-order valence-electron chi connectivity index (χ4n) is 1.85. The molecule has 0 bridgehead atoms. The second-order valence-corrected chi connectivity index (χ2v) is 5.16. The van der Waals surface area contributed by atoms with Crippen molar-refractivity contribution in [1.82, 2.24) is 19.5 Å². The molecule has 0 radical (unpaired) electrons. The number of aromatic amines is 1. The summed E-state index contributed by atoms with van der Waals surface area (Å²) < 4.78 is 1.57. The standard InChI is InChI=1S/C12H8IN5O2/c13-7-4-2-1-3-6(7)10(19)18-11(20)8-9(16-5-15-8)17-12(18)14/h1-5H,(H2,14,17)(H,15,16). The van der Waals surface area contributed by atoms with Crippen LogP contribution in [-0.4, -0.2) is 25.4 Å². The Morgan fingerprint density at radius 2 is 2.10 bits per heavy atom. The second kappa shape index (κ2) is 4.71. The minimum absolute atomic E-state index is 0.151. The molecule has 0 aliphatic rings. The van der Waals surface area contributed by atoms with Crippen LogP contribution in [0, 0.1) is 3.57 Å². The van der Waals surface area contributed by atoms with Crippen LogP contribution in [0.15, 0.2) is 35.4 Å². The van der Waals surface area contributed by atoms with Crippen LogP contribution in [0.4, 0.5) is 5.95 Å². The van der Waals surface area contributed by atoms with E-state index in [0.29, 0.717) is 5.56 Å². The SMILES string of the molecule is Nc1nc2nc[nH]c2c(=O)n1C(=O)c1ccccc1I. The number of H-pyrrole nitrogens is 1. The quantitative estimate of drug-likeness (QED) is 0.612. The third-order valence-corrected chi connectivity index (χ3v) is 3.73. The summed E-state index contributed by atoms with van der Waals surface area (Å²) >= 11 is 2.03. The highest BCUT2D eigenvalue weighted by Crippen LogP contribution is 2.14. The number of carbonyl (C=O) groups is 1. The zero-order valence-electron chi connectivity index (χ0n) is 10.0. The smallest absolute Gasteiger partial charge is 0.288 e. The van der Waals surface area contributed by atoms with Crippen molar-refractivity contribution in [3.05, 3.63) is 50.1 Å². The first-order chi connectivity index (χ1) is 9.59. The van der Waals surface area contributed by atoms with Gasteiger partial charge in [0.25, 0.3) is 11.5 Å². The number of hydrogen-bond acceptors (Lipinski definition) is 5. The van der Waals surface area contributed by atoms with Crippen LogP contribution in [-0.2, 0) is 0 Å². The molecule has 0 unspecified atom stereocenters. The maximum Gasteiger partial charge on any atom is 0.288 e. The van der Waals surface area contributed by atoms with Gasteiger partial charge in [-0.05, 0) is 34.7 Å². The normalized spacial score (nSPS) is 10.8. The summed E-state index contributed by atoms with van der Waals surface area (Å²) in [7, 11) is 0. The predicted octanol–water partition coefficient (Wildman–Crippen LogP) is 0.995. The Bertz CT molecular complexity index is 883. The number of carbonyl (C=O) groups excluding carboxylic acids is 1. The van der Waals surface area contributed by atoms with Gasteiger partial charge in [0.1, 0.15) is 0 Å².